The van der Waals surface area contributed by atoms with Crippen molar-refractivity contribution < 1.29 is 9.18 Å². The van der Waals surface area contributed by atoms with Crippen molar-refractivity contribution in [2.24, 2.45) is 11.8 Å². The average Bonchev–Trinajstić information content (AvgIpc) is 3.63. The van der Waals surface area contributed by atoms with Gasteiger partial charge in [-0.05, 0) is 49.7 Å². The van der Waals surface area contributed by atoms with Crippen LogP contribution in [0.1, 0.15) is 57.3 Å². The predicted octanol–water partition coefficient (Wildman–Crippen LogP) is 4.73. The van der Waals surface area contributed by atoms with Crippen LogP contribution in [0.2, 0.25) is 5.02 Å². The zero-order valence-electron chi connectivity index (χ0n) is 20.9. The number of carbonyl (C=O) groups is 1. The van der Waals surface area contributed by atoms with E-state index in [1.165, 1.54) is 12.8 Å². The number of alkyl halides is 1. The van der Waals surface area contributed by atoms with Gasteiger partial charge in [0.05, 0.1) is 33.5 Å². The summed E-state index contributed by atoms with van der Waals surface area (Å²) in [5, 5.41) is 3.34. The molecule has 196 valence electrons. The second-order valence-corrected chi connectivity index (χ2v) is 11.1. The molecule has 5 heterocycles. The van der Waals surface area contributed by atoms with Gasteiger partial charge in [-0.25, -0.2) is 24.6 Å². The first kappa shape index (κ1) is 24.4. The van der Waals surface area contributed by atoms with Crippen molar-refractivity contribution in [2.75, 3.05) is 18.1 Å². The number of rotatable bonds is 6. The number of pyridine rings is 2. The van der Waals surface area contributed by atoms with Crippen LogP contribution < -0.4 is 21.1 Å². The maximum absolute atomic E-state index is 14.0. The minimum Gasteiger partial charge on any atom is -0.337 e. The number of aromatic nitrogens is 4. The lowest BCUT2D eigenvalue weighted by atomic mass is 9.83. The van der Waals surface area contributed by atoms with E-state index in [0.29, 0.717) is 22.3 Å². The first-order valence-electron chi connectivity index (χ1n) is 13.2. The Morgan fingerprint density at radius 2 is 1.97 bits per heavy atom. The number of fused-ring (bicyclic) bond motifs is 1. The molecule has 3 fully saturated rings. The van der Waals surface area contributed by atoms with E-state index in [2.05, 4.69) is 37.5 Å². The van der Waals surface area contributed by atoms with Gasteiger partial charge in [-0.1, -0.05) is 31.4 Å². The highest BCUT2D eigenvalue weighted by atomic mass is 35.5. The molecule has 0 aromatic carbocycles. The molecule has 37 heavy (non-hydrogen) atoms. The van der Waals surface area contributed by atoms with E-state index in [1.807, 2.05) is 12.1 Å². The third-order valence-corrected chi connectivity index (χ3v) is 8.20. The highest BCUT2D eigenvalue weighted by Gasteiger charge is 2.32. The smallest absolute Gasteiger partial charge is 0.330 e. The van der Waals surface area contributed by atoms with Crippen molar-refractivity contribution in [3.8, 4) is 11.3 Å². The number of anilines is 1. The van der Waals surface area contributed by atoms with E-state index in [1.54, 1.807) is 12.4 Å². The number of imidazole rings is 1. The molecule has 3 aromatic rings. The molecule has 3 aliphatic rings. The Kier molecular flexibility index (Phi) is 6.62. The van der Waals surface area contributed by atoms with Gasteiger partial charge in [0.25, 0.3) is 0 Å². The number of nitrogens with one attached hydrogen (secondary N) is 3. The van der Waals surface area contributed by atoms with Crippen molar-refractivity contribution >= 4 is 34.6 Å². The Hall–Kier alpha value is -2.98. The summed E-state index contributed by atoms with van der Waals surface area (Å²) in [6.07, 6.45) is 9.35. The number of hydrogen-bond donors (Lipinski definition) is 3. The molecule has 1 aliphatic carbocycles. The topological polar surface area (TPSA) is 100 Å². The molecule has 1 saturated carbocycles. The third kappa shape index (κ3) is 4.72. The predicted molar refractivity (Wildman–Crippen MR) is 141 cm³/mol. The Bertz CT molecular complexity index is 1310. The maximum atomic E-state index is 14.0. The molecular formula is C26H32ClFN8O. The Balaban J connectivity index is 1.54. The highest BCUT2D eigenvalue weighted by molar-refractivity contribution is 6.30. The Morgan fingerprint density at radius 3 is 2.70 bits per heavy atom. The van der Waals surface area contributed by atoms with E-state index in [4.69, 9.17) is 21.6 Å². The van der Waals surface area contributed by atoms with Gasteiger partial charge in [0.2, 0.25) is 5.95 Å². The van der Waals surface area contributed by atoms with Crippen LogP contribution in [0.25, 0.3) is 22.3 Å². The van der Waals surface area contributed by atoms with E-state index >= 15 is 0 Å². The molecule has 0 radical (unpaired) electrons. The number of nitrogens with zero attached hydrogens (tertiary/aromatic N) is 5. The summed E-state index contributed by atoms with van der Waals surface area (Å²) in [5.41, 5.74) is 9.23. The van der Waals surface area contributed by atoms with Crippen molar-refractivity contribution in [3.63, 3.8) is 0 Å². The normalized spacial score (nSPS) is 26.0. The molecule has 2 atom stereocenters. The molecule has 2 amide bonds. The van der Waals surface area contributed by atoms with Crippen molar-refractivity contribution in [3.05, 3.63) is 35.2 Å². The quantitative estimate of drug-likeness (QED) is 0.429. The summed E-state index contributed by atoms with van der Waals surface area (Å²) >= 11 is 6.35. The molecule has 0 spiro atoms. The van der Waals surface area contributed by atoms with E-state index < -0.39 is 12.8 Å². The standard InChI is InChI=1S/C26H32ClFN8O/c1-15-4-6-16(7-5-15)14-36-23-20(31-26(36)35-8-2-3-19(35)11-28)10-21(24-32-25(37)34-33-24)30-22(23)17-9-18(27)13-29-12-17/h9-10,12-13,15-16,19,24,33H,2-8,11,14H2,1H3,(H2,32,34,37)/t15?,16?,19-,24?/m0/s1. The van der Waals surface area contributed by atoms with Crippen LogP contribution in [0.15, 0.2) is 24.5 Å². The Morgan fingerprint density at radius 1 is 1.14 bits per heavy atom. The van der Waals surface area contributed by atoms with Crippen LogP contribution in [-0.2, 0) is 6.54 Å². The van der Waals surface area contributed by atoms with Gasteiger partial charge in [0.1, 0.15) is 12.8 Å². The zero-order valence-corrected chi connectivity index (χ0v) is 21.6. The monoisotopic (exact) mass is 526 g/mol. The molecule has 11 heteroatoms. The van der Waals surface area contributed by atoms with Gasteiger partial charge >= 0.3 is 6.03 Å². The molecule has 6 rings (SSSR count). The first-order valence-corrected chi connectivity index (χ1v) is 13.5. The number of carbonyl (C=O) groups excluding carboxylic acids is 1. The molecule has 9 nitrogen and oxygen atoms in total. The van der Waals surface area contributed by atoms with Gasteiger partial charge < -0.3 is 14.8 Å². The lowest BCUT2D eigenvalue weighted by molar-refractivity contribution is 0.247. The van der Waals surface area contributed by atoms with Crippen LogP contribution in [0.4, 0.5) is 15.1 Å². The largest absolute Gasteiger partial charge is 0.337 e. The van der Waals surface area contributed by atoms with Crippen LogP contribution >= 0.6 is 11.6 Å². The summed E-state index contributed by atoms with van der Waals surface area (Å²) in [6.45, 7) is 3.50. The number of amides is 2. The van der Waals surface area contributed by atoms with Gasteiger partial charge in [-0.15, -0.1) is 0 Å². The minimum atomic E-state index is -0.512. The molecule has 2 aliphatic heterocycles. The van der Waals surface area contributed by atoms with Crippen molar-refractivity contribution in [1.29, 1.82) is 0 Å². The second kappa shape index (κ2) is 10.1. The first-order chi connectivity index (χ1) is 18.0. The second-order valence-electron chi connectivity index (χ2n) is 10.6. The SMILES string of the molecule is CC1CCC(Cn2c(N3CCC[C@H]3CF)nc3cc(C4NNC(=O)N4)nc(-c4cncc(Cl)c4)c32)CC1. The zero-order chi connectivity index (χ0) is 25.5. The summed E-state index contributed by atoms with van der Waals surface area (Å²) in [5.74, 6) is 2.07. The molecule has 3 aromatic heterocycles. The fraction of sp³-hybridized carbons (Fsp3) is 0.538. The van der Waals surface area contributed by atoms with Gasteiger partial charge in [0.15, 0.2) is 0 Å². The highest BCUT2D eigenvalue weighted by Crippen LogP contribution is 2.38. The van der Waals surface area contributed by atoms with Crippen molar-refractivity contribution in [1.82, 2.24) is 35.7 Å². The molecule has 3 N–H and O–H groups in total. The Labute approximate surface area is 220 Å². The van der Waals surface area contributed by atoms with E-state index in [0.717, 1.165) is 67.2 Å². The van der Waals surface area contributed by atoms with Crippen molar-refractivity contribution in [2.45, 2.75) is 64.2 Å². The fourth-order valence-electron chi connectivity index (χ4n) is 5.96. The summed E-state index contributed by atoms with van der Waals surface area (Å²) in [4.78, 5) is 28.4. The summed E-state index contributed by atoms with van der Waals surface area (Å²) < 4.78 is 16.3. The maximum Gasteiger partial charge on any atom is 0.330 e. The lowest BCUT2D eigenvalue weighted by Crippen LogP contribution is -2.33. The number of hydrazine groups is 1. The van der Waals surface area contributed by atoms with Gasteiger partial charge in [-0.2, -0.15) is 0 Å². The van der Waals surface area contributed by atoms with Crippen LogP contribution in [0.3, 0.4) is 0 Å². The van der Waals surface area contributed by atoms with Gasteiger partial charge in [0, 0.05) is 31.0 Å². The molecular weight excluding hydrogens is 495 g/mol. The summed E-state index contributed by atoms with van der Waals surface area (Å²) in [7, 11) is 0. The van der Waals surface area contributed by atoms with Crippen LogP contribution in [-0.4, -0.2) is 44.8 Å². The van der Waals surface area contributed by atoms with E-state index in [-0.39, 0.29) is 12.1 Å². The fourth-order valence-corrected chi connectivity index (χ4v) is 6.14. The summed E-state index contributed by atoms with van der Waals surface area (Å²) in [6, 6.07) is 3.26. The van der Waals surface area contributed by atoms with Crippen LogP contribution in [0.5, 0.6) is 0 Å². The third-order valence-electron chi connectivity index (χ3n) is 7.99. The molecule has 0 bridgehead atoms. The average molecular weight is 527 g/mol. The molecule has 2 saturated heterocycles. The number of hydrogen-bond acceptors (Lipinski definition) is 6. The van der Waals surface area contributed by atoms with E-state index in [9.17, 15) is 9.18 Å². The number of halogens is 2. The number of urea groups is 1. The lowest BCUT2D eigenvalue weighted by Gasteiger charge is -2.30. The minimum absolute atomic E-state index is 0.175. The van der Waals surface area contributed by atoms with Crippen LogP contribution in [0, 0.1) is 11.8 Å². The van der Waals surface area contributed by atoms with Gasteiger partial charge in [-0.3, -0.25) is 10.4 Å². The molecule has 1 unspecified atom stereocenters.